The molecular formula is C8H16N2O. The van der Waals surface area contributed by atoms with E-state index in [1.165, 1.54) is 13.0 Å². The van der Waals surface area contributed by atoms with Crippen LogP contribution in [0.25, 0.3) is 0 Å². The second-order valence-electron chi connectivity index (χ2n) is 3.64. The molecular weight excluding hydrogens is 140 g/mol. The lowest BCUT2D eigenvalue weighted by Crippen LogP contribution is -2.47. The van der Waals surface area contributed by atoms with Crippen molar-refractivity contribution in [3.8, 4) is 0 Å². The van der Waals surface area contributed by atoms with Crippen LogP contribution in [0.3, 0.4) is 0 Å². The third kappa shape index (κ3) is 1.41. The van der Waals surface area contributed by atoms with Crippen molar-refractivity contribution in [1.82, 2.24) is 10.2 Å². The minimum Gasteiger partial charge on any atom is -0.396 e. The fraction of sp³-hybridized carbons (Fsp3) is 1.00. The topological polar surface area (TPSA) is 35.5 Å². The van der Waals surface area contributed by atoms with Crippen molar-refractivity contribution in [3.05, 3.63) is 0 Å². The van der Waals surface area contributed by atoms with Crippen LogP contribution >= 0.6 is 0 Å². The molecule has 2 atom stereocenters. The smallest absolute Gasteiger partial charge is 0.0472 e. The van der Waals surface area contributed by atoms with Crippen LogP contribution in [0.5, 0.6) is 0 Å². The van der Waals surface area contributed by atoms with E-state index in [1.807, 2.05) is 0 Å². The molecule has 0 aliphatic carbocycles. The van der Waals surface area contributed by atoms with Gasteiger partial charge in [-0.2, -0.15) is 0 Å². The zero-order valence-electron chi connectivity index (χ0n) is 6.79. The van der Waals surface area contributed by atoms with Gasteiger partial charge in [-0.25, -0.2) is 0 Å². The van der Waals surface area contributed by atoms with Crippen molar-refractivity contribution < 1.29 is 5.11 Å². The Hall–Kier alpha value is -0.120. The second-order valence-corrected chi connectivity index (χ2v) is 3.64. The number of nitrogens with one attached hydrogen (secondary N) is 1. The number of piperazine rings is 1. The van der Waals surface area contributed by atoms with Crippen molar-refractivity contribution in [3.63, 3.8) is 0 Å². The highest BCUT2D eigenvalue weighted by molar-refractivity contribution is 4.89. The van der Waals surface area contributed by atoms with E-state index in [2.05, 4.69) is 10.2 Å². The monoisotopic (exact) mass is 156 g/mol. The summed E-state index contributed by atoms with van der Waals surface area (Å²) in [5, 5.41) is 12.3. The largest absolute Gasteiger partial charge is 0.396 e. The summed E-state index contributed by atoms with van der Waals surface area (Å²) >= 11 is 0. The number of hydrogen-bond donors (Lipinski definition) is 2. The summed E-state index contributed by atoms with van der Waals surface area (Å²) < 4.78 is 0. The maximum absolute atomic E-state index is 8.97. The fourth-order valence-electron chi connectivity index (χ4n) is 2.20. The van der Waals surface area contributed by atoms with Crippen molar-refractivity contribution in [2.24, 2.45) is 5.92 Å². The standard InChI is InChI=1S/C8H16N2O/c11-6-7-3-8-4-9-1-2-10(8)5-7/h7-9,11H,1-6H2/t7-,8-/m0/s1. The lowest BCUT2D eigenvalue weighted by atomic mass is 10.1. The van der Waals surface area contributed by atoms with Gasteiger partial charge in [-0.15, -0.1) is 0 Å². The summed E-state index contributed by atoms with van der Waals surface area (Å²) in [6, 6.07) is 0.709. The van der Waals surface area contributed by atoms with Gasteiger partial charge < -0.3 is 10.4 Å². The zero-order chi connectivity index (χ0) is 7.68. The molecule has 2 fully saturated rings. The Morgan fingerprint density at radius 2 is 2.45 bits per heavy atom. The lowest BCUT2D eigenvalue weighted by molar-refractivity contribution is 0.199. The predicted molar refractivity (Wildman–Crippen MR) is 43.4 cm³/mol. The van der Waals surface area contributed by atoms with Crippen LogP contribution in [-0.4, -0.2) is 48.8 Å². The SMILES string of the molecule is OC[C@H]1C[C@H]2CNCCN2C1. The minimum atomic E-state index is 0.368. The van der Waals surface area contributed by atoms with E-state index in [1.54, 1.807) is 0 Å². The van der Waals surface area contributed by atoms with Crippen LogP contribution in [0, 0.1) is 5.92 Å². The highest BCUT2D eigenvalue weighted by Crippen LogP contribution is 2.23. The van der Waals surface area contributed by atoms with Crippen LogP contribution in [0.2, 0.25) is 0 Å². The van der Waals surface area contributed by atoms with Crippen molar-refractivity contribution >= 4 is 0 Å². The van der Waals surface area contributed by atoms with Gasteiger partial charge in [0.15, 0.2) is 0 Å². The van der Waals surface area contributed by atoms with E-state index < -0.39 is 0 Å². The number of aliphatic hydroxyl groups is 1. The van der Waals surface area contributed by atoms with Crippen LogP contribution in [0.4, 0.5) is 0 Å². The molecule has 3 nitrogen and oxygen atoms in total. The summed E-state index contributed by atoms with van der Waals surface area (Å²) in [6.07, 6.45) is 1.18. The van der Waals surface area contributed by atoms with E-state index in [4.69, 9.17) is 5.11 Å². The Morgan fingerprint density at radius 1 is 1.55 bits per heavy atom. The quantitative estimate of drug-likeness (QED) is 0.525. The van der Waals surface area contributed by atoms with Crippen LogP contribution in [0.15, 0.2) is 0 Å². The summed E-state index contributed by atoms with van der Waals surface area (Å²) in [6.45, 7) is 4.89. The third-order valence-corrected chi connectivity index (χ3v) is 2.83. The van der Waals surface area contributed by atoms with Crippen molar-refractivity contribution in [1.29, 1.82) is 0 Å². The lowest BCUT2D eigenvalue weighted by Gasteiger charge is -2.29. The molecule has 0 spiro atoms. The van der Waals surface area contributed by atoms with E-state index in [9.17, 15) is 0 Å². The molecule has 0 bridgehead atoms. The van der Waals surface area contributed by atoms with E-state index in [0.29, 0.717) is 18.6 Å². The molecule has 0 radical (unpaired) electrons. The molecule has 0 aromatic heterocycles. The molecule has 2 saturated heterocycles. The molecule has 2 rings (SSSR count). The Labute approximate surface area is 67.4 Å². The molecule has 2 N–H and O–H groups in total. The summed E-state index contributed by atoms with van der Waals surface area (Å²) in [4.78, 5) is 2.50. The van der Waals surface area contributed by atoms with Gasteiger partial charge in [-0.1, -0.05) is 0 Å². The van der Waals surface area contributed by atoms with Gasteiger partial charge in [-0.05, 0) is 12.3 Å². The molecule has 0 aromatic carbocycles. The number of fused-ring (bicyclic) bond motifs is 1. The van der Waals surface area contributed by atoms with Crippen LogP contribution in [0.1, 0.15) is 6.42 Å². The summed E-state index contributed by atoms with van der Waals surface area (Å²) in [5.74, 6) is 0.542. The fourth-order valence-corrected chi connectivity index (χ4v) is 2.20. The molecule has 0 amide bonds. The van der Waals surface area contributed by atoms with Gasteiger partial charge in [0.25, 0.3) is 0 Å². The molecule has 0 saturated carbocycles. The predicted octanol–water partition coefficient (Wildman–Crippen LogP) is -0.728. The van der Waals surface area contributed by atoms with Gasteiger partial charge in [0.1, 0.15) is 0 Å². The molecule has 2 aliphatic heterocycles. The first kappa shape index (κ1) is 7.53. The first-order chi connectivity index (χ1) is 5.40. The molecule has 64 valence electrons. The Bertz CT molecular complexity index is 126. The number of nitrogens with zero attached hydrogens (tertiary/aromatic N) is 1. The Balaban J connectivity index is 1.92. The number of aliphatic hydroxyl groups excluding tert-OH is 1. The third-order valence-electron chi connectivity index (χ3n) is 2.83. The molecule has 11 heavy (non-hydrogen) atoms. The first-order valence-corrected chi connectivity index (χ1v) is 4.46. The first-order valence-electron chi connectivity index (χ1n) is 4.46. The highest BCUT2D eigenvalue weighted by Gasteiger charge is 2.32. The summed E-state index contributed by atoms with van der Waals surface area (Å²) in [7, 11) is 0. The maximum Gasteiger partial charge on any atom is 0.0472 e. The van der Waals surface area contributed by atoms with Gasteiger partial charge in [0.05, 0.1) is 0 Å². The Morgan fingerprint density at radius 3 is 3.18 bits per heavy atom. The van der Waals surface area contributed by atoms with E-state index in [0.717, 1.165) is 19.6 Å². The van der Waals surface area contributed by atoms with Crippen molar-refractivity contribution in [2.45, 2.75) is 12.5 Å². The molecule has 0 unspecified atom stereocenters. The molecule has 3 heteroatoms. The average molecular weight is 156 g/mol. The van der Waals surface area contributed by atoms with Crippen LogP contribution in [-0.2, 0) is 0 Å². The van der Waals surface area contributed by atoms with E-state index in [-0.39, 0.29) is 0 Å². The number of hydrogen-bond acceptors (Lipinski definition) is 3. The summed E-state index contributed by atoms with van der Waals surface area (Å²) in [5.41, 5.74) is 0. The Kier molecular flexibility index (Phi) is 2.11. The van der Waals surface area contributed by atoms with Gasteiger partial charge in [-0.3, -0.25) is 4.90 Å². The molecule has 2 heterocycles. The van der Waals surface area contributed by atoms with Crippen molar-refractivity contribution in [2.75, 3.05) is 32.8 Å². The van der Waals surface area contributed by atoms with E-state index >= 15 is 0 Å². The molecule has 2 aliphatic rings. The normalized spacial score (nSPS) is 39.0. The molecule has 0 aromatic rings. The maximum atomic E-state index is 8.97. The second kappa shape index (κ2) is 3.09. The highest BCUT2D eigenvalue weighted by atomic mass is 16.3. The number of rotatable bonds is 1. The van der Waals surface area contributed by atoms with Gasteiger partial charge >= 0.3 is 0 Å². The minimum absolute atomic E-state index is 0.368. The van der Waals surface area contributed by atoms with Gasteiger partial charge in [0.2, 0.25) is 0 Å². The zero-order valence-corrected chi connectivity index (χ0v) is 6.79. The van der Waals surface area contributed by atoms with Crippen LogP contribution < -0.4 is 5.32 Å². The average Bonchev–Trinajstić information content (AvgIpc) is 2.46. The van der Waals surface area contributed by atoms with Gasteiger partial charge in [0, 0.05) is 38.8 Å².